The highest BCUT2D eigenvalue weighted by molar-refractivity contribution is 8.00. The van der Waals surface area contributed by atoms with Crippen LogP contribution in [0.3, 0.4) is 0 Å². The van der Waals surface area contributed by atoms with Crippen molar-refractivity contribution >= 4 is 29.8 Å². The lowest BCUT2D eigenvalue weighted by molar-refractivity contribution is -0.141. The largest absolute Gasteiger partial charge is 0.460 e. The van der Waals surface area contributed by atoms with Gasteiger partial charge in [-0.3, -0.25) is 4.79 Å². The summed E-state index contributed by atoms with van der Waals surface area (Å²) in [5.41, 5.74) is 0.914. The first-order chi connectivity index (χ1) is 9.65. The van der Waals surface area contributed by atoms with E-state index in [-0.39, 0.29) is 24.1 Å². The third kappa shape index (κ3) is 4.27. The molecule has 1 atom stereocenters. The van der Waals surface area contributed by atoms with Gasteiger partial charge in [0.15, 0.2) is 0 Å². The monoisotopic (exact) mass is 295 g/mol. The molecule has 1 aliphatic rings. The zero-order chi connectivity index (χ0) is 14.4. The number of esters is 2. The Morgan fingerprint density at radius 1 is 1.30 bits per heavy atom. The molecule has 0 aromatic heterocycles. The van der Waals surface area contributed by atoms with Crippen LogP contribution in [0.1, 0.15) is 5.56 Å². The minimum Gasteiger partial charge on any atom is -0.460 e. The molecule has 1 aliphatic heterocycles. The van der Waals surface area contributed by atoms with Crippen molar-refractivity contribution in [3.05, 3.63) is 35.9 Å². The van der Waals surface area contributed by atoms with Crippen LogP contribution in [0.5, 0.6) is 0 Å². The van der Waals surface area contributed by atoms with E-state index in [1.807, 2.05) is 30.3 Å². The first-order valence-corrected chi connectivity index (χ1v) is 7.10. The lowest BCUT2D eigenvalue weighted by Gasteiger charge is -2.06. The molecule has 2 rings (SSSR count). The van der Waals surface area contributed by atoms with Crippen LogP contribution in [0.15, 0.2) is 30.3 Å². The van der Waals surface area contributed by atoms with Gasteiger partial charge in [-0.25, -0.2) is 9.59 Å². The lowest BCUT2D eigenvalue weighted by atomic mass is 10.2. The number of nitrogens with one attached hydrogen (secondary N) is 1. The quantitative estimate of drug-likeness (QED) is 0.625. The Morgan fingerprint density at radius 2 is 2.05 bits per heavy atom. The Kier molecular flexibility index (Phi) is 5.00. The van der Waals surface area contributed by atoms with Gasteiger partial charge in [0.05, 0.1) is 5.75 Å². The number of rotatable bonds is 6. The third-order valence-corrected chi connectivity index (χ3v) is 3.53. The molecule has 6 nitrogen and oxygen atoms in total. The van der Waals surface area contributed by atoms with Gasteiger partial charge >= 0.3 is 18.0 Å². The number of cyclic esters (lactones) is 2. The van der Waals surface area contributed by atoms with Crippen molar-refractivity contribution in [2.75, 3.05) is 11.5 Å². The van der Waals surface area contributed by atoms with Gasteiger partial charge in [-0.15, -0.1) is 11.8 Å². The summed E-state index contributed by atoms with van der Waals surface area (Å²) in [6.45, 7) is 0.225. The van der Waals surface area contributed by atoms with E-state index in [2.05, 4.69) is 10.1 Å². The fourth-order valence-electron chi connectivity index (χ4n) is 1.54. The SMILES string of the molecule is O=C(CSC[C@@H]1NC(=O)OC1=O)OCc1ccccc1. The Hall–Kier alpha value is -2.02. The lowest BCUT2D eigenvalue weighted by Crippen LogP contribution is -2.31. The van der Waals surface area contributed by atoms with Crippen molar-refractivity contribution in [2.45, 2.75) is 12.6 Å². The average molecular weight is 295 g/mol. The Balaban J connectivity index is 1.63. The maximum atomic E-state index is 11.5. The zero-order valence-corrected chi connectivity index (χ0v) is 11.4. The number of alkyl carbamates (subject to hydrolysis) is 1. The maximum absolute atomic E-state index is 11.5. The van der Waals surface area contributed by atoms with E-state index < -0.39 is 18.1 Å². The summed E-state index contributed by atoms with van der Waals surface area (Å²) >= 11 is 1.21. The third-order valence-electron chi connectivity index (χ3n) is 2.52. The predicted octanol–water partition coefficient (Wildman–Crippen LogP) is 1.10. The Morgan fingerprint density at radius 3 is 2.70 bits per heavy atom. The standard InChI is InChI=1S/C13H13NO5S/c15-11(18-6-9-4-2-1-3-5-9)8-20-7-10-12(16)19-13(17)14-10/h1-5,10H,6-8H2,(H,14,17)/t10-/m0/s1. The van der Waals surface area contributed by atoms with Gasteiger partial charge in [0.2, 0.25) is 0 Å². The van der Waals surface area contributed by atoms with E-state index in [0.717, 1.165) is 5.56 Å². The molecule has 1 N–H and O–H groups in total. The number of amides is 1. The van der Waals surface area contributed by atoms with E-state index in [1.54, 1.807) is 0 Å². The number of carbonyl (C=O) groups is 3. The zero-order valence-electron chi connectivity index (χ0n) is 10.5. The summed E-state index contributed by atoms with van der Waals surface area (Å²) < 4.78 is 9.40. The molecular weight excluding hydrogens is 282 g/mol. The van der Waals surface area contributed by atoms with Crippen molar-refractivity contribution < 1.29 is 23.9 Å². The second kappa shape index (κ2) is 6.95. The maximum Gasteiger partial charge on any atom is 0.415 e. The molecule has 0 radical (unpaired) electrons. The molecule has 1 saturated heterocycles. The molecule has 106 valence electrons. The first-order valence-electron chi connectivity index (χ1n) is 5.94. The number of ether oxygens (including phenoxy) is 2. The molecule has 0 unspecified atom stereocenters. The van der Waals surface area contributed by atoms with E-state index in [1.165, 1.54) is 11.8 Å². The molecule has 1 fully saturated rings. The van der Waals surface area contributed by atoms with Crippen molar-refractivity contribution in [2.24, 2.45) is 0 Å². The van der Waals surface area contributed by atoms with E-state index in [0.29, 0.717) is 0 Å². The van der Waals surface area contributed by atoms with Crippen LogP contribution in [0.4, 0.5) is 4.79 Å². The van der Waals surface area contributed by atoms with Crippen molar-refractivity contribution in [3.8, 4) is 0 Å². The second-order valence-electron chi connectivity index (χ2n) is 4.07. The Bertz CT molecular complexity index is 505. The number of carbonyl (C=O) groups excluding carboxylic acids is 3. The van der Waals surface area contributed by atoms with E-state index in [4.69, 9.17) is 4.74 Å². The van der Waals surface area contributed by atoms with Gasteiger partial charge in [-0.05, 0) is 5.56 Å². The van der Waals surface area contributed by atoms with Gasteiger partial charge in [-0.2, -0.15) is 0 Å². The first kappa shape index (κ1) is 14.4. The van der Waals surface area contributed by atoms with Crippen LogP contribution in [-0.4, -0.2) is 35.6 Å². The van der Waals surface area contributed by atoms with Crippen LogP contribution in [0.25, 0.3) is 0 Å². The number of hydrogen-bond donors (Lipinski definition) is 1. The van der Waals surface area contributed by atoms with Crippen molar-refractivity contribution in [3.63, 3.8) is 0 Å². The van der Waals surface area contributed by atoms with Gasteiger partial charge in [0, 0.05) is 5.75 Å². The molecule has 0 spiro atoms. The topological polar surface area (TPSA) is 81.7 Å². The van der Waals surface area contributed by atoms with Crippen LogP contribution >= 0.6 is 11.8 Å². The number of thioether (sulfide) groups is 1. The molecule has 7 heteroatoms. The minimum atomic E-state index is -0.743. The number of hydrogen-bond acceptors (Lipinski definition) is 6. The highest BCUT2D eigenvalue weighted by Crippen LogP contribution is 2.10. The normalized spacial score (nSPS) is 17.5. The van der Waals surface area contributed by atoms with Gasteiger partial charge in [0.25, 0.3) is 0 Å². The highest BCUT2D eigenvalue weighted by atomic mass is 32.2. The molecule has 1 heterocycles. The van der Waals surface area contributed by atoms with Crippen molar-refractivity contribution in [1.82, 2.24) is 5.32 Å². The molecule has 0 bridgehead atoms. The summed E-state index contributed by atoms with van der Waals surface area (Å²) in [6.07, 6.45) is -0.743. The molecule has 1 aromatic rings. The molecule has 1 aromatic carbocycles. The summed E-state index contributed by atoms with van der Waals surface area (Å²) in [4.78, 5) is 33.4. The Labute approximate surface area is 119 Å². The van der Waals surface area contributed by atoms with Gasteiger partial charge in [0.1, 0.15) is 12.6 Å². The van der Waals surface area contributed by atoms with Crippen LogP contribution in [-0.2, 0) is 25.7 Å². The van der Waals surface area contributed by atoms with E-state index in [9.17, 15) is 14.4 Å². The van der Waals surface area contributed by atoms with E-state index >= 15 is 0 Å². The van der Waals surface area contributed by atoms with Crippen LogP contribution < -0.4 is 5.32 Å². The summed E-state index contributed by atoms with van der Waals surface area (Å²) in [5.74, 6) is -0.575. The highest BCUT2D eigenvalue weighted by Gasteiger charge is 2.32. The molecule has 0 aliphatic carbocycles. The average Bonchev–Trinajstić information content (AvgIpc) is 2.76. The van der Waals surface area contributed by atoms with Crippen LogP contribution in [0, 0.1) is 0 Å². The minimum absolute atomic E-state index is 0.118. The molecule has 0 saturated carbocycles. The predicted molar refractivity (Wildman–Crippen MR) is 72.0 cm³/mol. The second-order valence-corrected chi connectivity index (χ2v) is 5.10. The van der Waals surface area contributed by atoms with Gasteiger partial charge < -0.3 is 14.8 Å². The van der Waals surface area contributed by atoms with Crippen molar-refractivity contribution in [1.29, 1.82) is 0 Å². The molecule has 20 heavy (non-hydrogen) atoms. The summed E-state index contributed by atoms with van der Waals surface area (Å²) in [5, 5.41) is 2.35. The molecule has 1 amide bonds. The van der Waals surface area contributed by atoms with Gasteiger partial charge in [-0.1, -0.05) is 30.3 Å². The molecular formula is C13H13NO5S. The summed E-state index contributed by atoms with van der Waals surface area (Å²) in [7, 11) is 0. The van der Waals surface area contributed by atoms with Crippen LogP contribution in [0.2, 0.25) is 0 Å². The fourth-order valence-corrected chi connectivity index (χ4v) is 2.37. The number of benzene rings is 1. The smallest absolute Gasteiger partial charge is 0.415 e. The fraction of sp³-hybridized carbons (Fsp3) is 0.308. The summed E-state index contributed by atoms with van der Waals surface area (Å²) in [6, 6.07) is 8.67.